The third kappa shape index (κ3) is 2.49. The number of rotatable bonds is 3. The van der Waals surface area contributed by atoms with Crippen molar-refractivity contribution in [1.82, 2.24) is 9.80 Å². The number of carbonyl (C=O) groups is 2. The van der Waals surface area contributed by atoms with Crippen molar-refractivity contribution in [2.24, 2.45) is 5.73 Å². The minimum Gasteiger partial charge on any atom is -0.342 e. The quantitative estimate of drug-likeness (QED) is 0.703. The van der Waals surface area contributed by atoms with Gasteiger partial charge in [0.05, 0.1) is 6.04 Å². The summed E-state index contributed by atoms with van der Waals surface area (Å²) in [6, 6.07) is -0.608. The van der Waals surface area contributed by atoms with Crippen LogP contribution in [0.2, 0.25) is 0 Å². The average Bonchev–Trinajstić information content (AvgIpc) is 2.26. The summed E-state index contributed by atoms with van der Waals surface area (Å²) in [7, 11) is 1.75. The predicted molar refractivity (Wildman–Crippen MR) is 66.2 cm³/mol. The molecule has 1 heterocycles. The summed E-state index contributed by atoms with van der Waals surface area (Å²) in [5.41, 5.74) is 4.96. The molecule has 2 N–H and O–H groups in total. The van der Waals surface area contributed by atoms with Crippen molar-refractivity contribution in [2.45, 2.75) is 31.8 Å². The fourth-order valence-electron chi connectivity index (χ4n) is 2.08. The van der Waals surface area contributed by atoms with Crippen LogP contribution in [-0.2, 0) is 9.59 Å². The lowest BCUT2D eigenvalue weighted by Crippen LogP contribution is -2.65. The lowest BCUT2D eigenvalue weighted by Gasteiger charge is -2.45. The molecule has 0 spiro atoms. The molecule has 96 valence electrons. The Morgan fingerprint density at radius 2 is 2.18 bits per heavy atom. The molecule has 5 nitrogen and oxygen atoms in total. The molecule has 5 heteroatoms. The molecule has 1 rings (SSSR count). The van der Waals surface area contributed by atoms with Gasteiger partial charge in [0.2, 0.25) is 11.8 Å². The second-order valence-electron chi connectivity index (χ2n) is 4.91. The molecule has 0 bridgehead atoms. The molecular formula is C12H21N3O2. The smallest absolute Gasteiger partial charge is 0.247 e. The highest BCUT2D eigenvalue weighted by Crippen LogP contribution is 2.22. The minimum atomic E-state index is -0.817. The van der Waals surface area contributed by atoms with E-state index in [2.05, 4.69) is 6.58 Å². The molecule has 1 fully saturated rings. The van der Waals surface area contributed by atoms with E-state index >= 15 is 0 Å². The zero-order valence-corrected chi connectivity index (χ0v) is 10.8. The highest BCUT2D eigenvalue weighted by Gasteiger charge is 2.43. The van der Waals surface area contributed by atoms with Crippen LogP contribution >= 0.6 is 0 Å². The summed E-state index contributed by atoms with van der Waals surface area (Å²) < 4.78 is 0. The average molecular weight is 239 g/mol. The van der Waals surface area contributed by atoms with Crippen LogP contribution in [0.15, 0.2) is 12.7 Å². The Hall–Kier alpha value is -1.36. The summed E-state index contributed by atoms with van der Waals surface area (Å²) in [6.07, 6.45) is 2.04. The Labute approximate surface area is 102 Å². The summed E-state index contributed by atoms with van der Waals surface area (Å²) >= 11 is 0. The molecule has 0 radical (unpaired) electrons. The van der Waals surface area contributed by atoms with E-state index in [0.717, 1.165) is 0 Å². The molecule has 1 aliphatic rings. The van der Waals surface area contributed by atoms with Crippen LogP contribution in [0.4, 0.5) is 0 Å². The van der Waals surface area contributed by atoms with Gasteiger partial charge in [-0.1, -0.05) is 6.08 Å². The number of nitrogens with two attached hydrogens (primary N) is 1. The standard InChI is InChI=1S/C12H21N3O2/c1-5-6-9(13)10(16)15-8-7-14(4)11(17)12(15,2)3/h5,9H,1,6-8,13H2,2-4H3. The molecule has 1 atom stereocenters. The number of hydrogen-bond acceptors (Lipinski definition) is 3. The maximum Gasteiger partial charge on any atom is 0.247 e. The summed E-state index contributed by atoms with van der Waals surface area (Å²) in [5, 5.41) is 0. The first kappa shape index (κ1) is 13.7. The van der Waals surface area contributed by atoms with E-state index in [9.17, 15) is 9.59 Å². The van der Waals surface area contributed by atoms with E-state index in [1.807, 2.05) is 0 Å². The Kier molecular flexibility index (Phi) is 3.93. The number of likely N-dealkylation sites (N-methyl/N-ethyl adjacent to an activating group) is 1. The summed E-state index contributed by atoms with van der Waals surface area (Å²) in [6.45, 7) is 8.15. The lowest BCUT2D eigenvalue weighted by atomic mass is 9.96. The van der Waals surface area contributed by atoms with Crippen LogP contribution in [0.1, 0.15) is 20.3 Å². The molecule has 1 unspecified atom stereocenters. The Morgan fingerprint density at radius 3 is 2.71 bits per heavy atom. The van der Waals surface area contributed by atoms with Gasteiger partial charge in [0.15, 0.2) is 0 Å². The van der Waals surface area contributed by atoms with Gasteiger partial charge in [0.1, 0.15) is 5.54 Å². The van der Waals surface area contributed by atoms with Gasteiger partial charge < -0.3 is 15.5 Å². The fraction of sp³-hybridized carbons (Fsp3) is 0.667. The third-order valence-corrected chi connectivity index (χ3v) is 3.21. The van der Waals surface area contributed by atoms with Crippen molar-refractivity contribution in [3.63, 3.8) is 0 Å². The van der Waals surface area contributed by atoms with Crippen LogP contribution in [0.25, 0.3) is 0 Å². The van der Waals surface area contributed by atoms with E-state index in [1.165, 1.54) is 0 Å². The van der Waals surface area contributed by atoms with Crippen molar-refractivity contribution < 1.29 is 9.59 Å². The topological polar surface area (TPSA) is 66.6 Å². The molecule has 1 aliphatic heterocycles. The molecule has 0 saturated carbocycles. The van der Waals surface area contributed by atoms with Gasteiger partial charge >= 0.3 is 0 Å². The summed E-state index contributed by atoms with van der Waals surface area (Å²) in [4.78, 5) is 27.4. The van der Waals surface area contributed by atoms with E-state index in [1.54, 1.807) is 36.8 Å². The molecule has 17 heavy (non-hydrogen) atoms. The second kappa shape index (κ2) is 4.87. The largest absolute Gasteiger partial charge is 0.342 e. The zero-order valence-electron chi connectivity index (χ0n) is 10.8. The van der Waals surface area contributed by atoms with Crippen molar-refractivity contribution in [3.05, 3.63) is 12.7 Å². The number of piperazine rings is 1. The second-order valence-corrected chi connectivity index (χ2v) is 4.91. The van der Waals surface area contributed by atoms with E-state index in [4.69, 9.17) is 5.73 Å². The van der Waals surface area contributed by atoms with Crippen molar-refractivity contribution in [3.8, 4) is 0 Å². The first-order valence-electron chi connectivity index (χ1n) is 5.76. The maximum atomic E-state index is 12.1. The lowest BCUT2D eigenvalue weighted by molar-refractivity contribution is -0.157. The van der Waals surface area contributed by atoms with Crippen LogP contribution in [-0.4, -0.2) is 53.3 Å². The Morgan fingerprint density at radius 1 is 1.59 bits per heavy atom. The van der Waals surface area contributed by atoms with Gasteiger partial charge in [0, 0.05) is 20.1 Å². The normalized spacial score (nSPS) is 21.3. The number of nitrogens with zero attached hydrogens (tertiary/aromatic N) is 2. The predicted octanol–water partition coefficient (Wildman–Crippen LogP) is -0.0310. The molecule has 0 aromatic heterocycles. The van der Waals surface area contributed by atoms with Gasteiger partial charge in [-0.25, -0.2) is 0 Å². The monoisotopic (exact) mass is 239 g/mol. The van der Waals surface area contributed by atoms with Crippen LogP contribution in [0, 0.1) is 0 Å². The molecule has 0 aromatic carbocycles. The zero-order chi connectivity index (χ0) is 13.2. The number of hydrogen-bond donors (Lipinski definition) is 1. The fourth-order valence-corrected chi connectivity index (χ4v) is 2.08. The van der Waals surface area contributed by atoms with Crippen LogP contribution < -0.4 is 5.73 Å². The van der Waals surface area contributed by atoms with Crippen LogP contribution in [0.5, 0.6) is 0 Å². The molecular weight excluding hydrogens is 218 g/mol. The van der Waals surface area contributed by atoms with Crippen molar-refractivity contribution in [2.75, 3.05) is 20.1 Å². The molecule has 2 amide bonds. The van der Waals surface area contributed by atoms with Gasteiger partial charge in [-0.3, -0.25) is 9.59 Å². The highest BCUT2D eigenvalue weighted by molar-refractivity contribution is 5.93. The third-order valence-electron chi connectivity index (χ3n) is 3.21. The van der Waals surface area contributed by atoms with Gasteiger partial charge in [-0.2, -0.15) is 0 Å². The first-order valence-corrected chi connectivity index (χ1v) is 5.76. The van der Waals surface area contributed by atoms with E-state index in [0.29, 0.717) is 19.5 Å². The first-order chi connectivity index (χ1) is 7.82. The van der Waals surface area contributed by atoms with Crippen LogP contribution in [0.3, 0.4) is 0 Å². The minimum absolute atomic E-state index is 0.0529. The van der Waals surface area contributed by atoms with Crippen molar-refractivity contribution in [1.29, 1.82) is 0 Å². The SMILES string of the molecule is C=CCC(N)C(=O)N1CCN(C)C(=O)C1(C)C. The highest BCUT2D eigenvalue weighted by atomic mass is 16.2. The van der Waals surface area contributed by atoms with Gasteiger partial charge in [-0.05, 0) is 20.3 Å². The van der Waals surface area contributed by atoms with Crippen molar-refractivity contribution >= 4 is 11.8 Å². The van der Waals surface area contributed by atoms with Gasteiger partial charge in [0.25, 0.3) is 0 Å². The maximum absolute atomic E-state index is 12.1. The number of carbonyl (C=O) groups excluding carboxylic acids is 2. The molecule has 0 aromatic rings. The number of amides is 2. The van der Waals surface area contributed by atoms with Gasteiger partial charge in [-0.15, -0.1) is 6.58 Å². The molecule has 1 saturated heterocycles. The van der Waals surface area contributed by atoms with E-state index in [-0.39, 0.29) is 11.8 Å². The van der Waals surface area contributed by atoms with E-state index < -0.39 is 11.6 Å². The summed E-state index contributed by atoms with van der Waals surface area (Å²) in [5.74, 6) is -0.237. The Balaban J connectivity index is 2.87. The Bertz CT molecular complexity index is 339. The molecule has 0 aliphatic carbocycles.